The molecule has 0 saturated carbocycles. The van der Waals surface area contributed by atoms with E-state index in [0.717, 1.165) is 11.8 Å². The smallest absolute Gasteiger partial charge is 1.00 e. The van der Waals surface area contributed by atoms with Crippen molar-refractivity contribution in [3.8, 4) is 0 Å². The molecule has 0 aromatic carbocycles. The molecule has 46 valence electrons. The quantitative estimate of drug-likeness (QED) is 0.364. The molecule has 0 N–H and O–H groups in total. The first kappa shape index (κ1) is 11.7. The first-order chi connectivity index (χ1) is 3.27. The Morgan fingerprint density at radius 2 is 2.25 bits per heavy atom. The molecule has 0 spiro atoms. The van der Waals surface area contributed by atoms with Crippen molar-refractivity contribution in [1.29, 1.82) is 0 Å². The zero-order chi connectivity index (χ0) is 5.70. The molecule has 0 radical (unpaired) electrons. The fourth-order valence-electron chi connectivity index (χ4n) is 0.369. The second kappa shape index (κ2) is 7.99. The summed E-state index contributed by atoms with van der Waals surface area (Å²) >= 11 is 3.34. The van der Waals surface area contributed by atoms with Crippen LogP contribution in [0.3, 0.4) is 0 Å². The molecular weight excluding hydrogens is 176 g/mol. The number of rotatable bonds is 3. The van der Waals surface area contributed by atoms with Gasteiger partial charge in [-0.1, -0.05) is 21.5 Å². The van der Waals surface area contributed by atoms with E-state index < -0.39 is 0 Å². The summed E-state index contributed by atoms with van der Waals surface area (Å²) in [6.07, 6.45) is 2.38. The van der Waals surface area contributed by atoms with Crippen LogP contribution in [0.5, 0.6) is 0 Å². The van der Waals surface area contributed by atoms with E-state index >= 15 is 0 Å². The normalized spacial score (nSPS) is 7.75. The number of alkyl halides is 1. The van der Waals surface area contributed by atoms with Crippen LogP contribution in [0.2, 0.25) is 0 Å². The van der Waals surface area contributed by atoms with Crippen molar-refractivity contribution in [3.63, 3.8) is 0 Å². The van der Waals surface area contributed by atoms with Gasteiger partial charge in [0, 0.05) is 5.33 Å². The minimum absolute atomic E-state index is 0. The van der Waals surface area contributed by atoms with Crippen molar-refractivity contribution < 1.29 is 2.85 Å². The van der Waals surface area contributed by atoms with E-state index in [2.05, 4.69) is 29.4 Å². The summed E-state index contributed by atoms with van der Waals surface area (Å²) in [7, 11) is 0. The predicted molar refractivity (Wildman–Crippen MR) is 45.8 cm³/mol. The molecule has 0 heterocycles. The van der Waals surface area contributed by atoms with Crippen molar-refractivity contribution in [3.05, 3.63) is 12.2 Å². The van der Waals surface area contributed by atoms with Gasteiger partial charge in [-0.3, -0.25) is 0 Å². The Morgan fingerprint density at radius 1 is 1.75 bits per heavy atom. The van der Waals surface area contributed by atoms with Gasteiger partial charge in [-0.15, -0.1) is 6.58 Å². The van der Waals surface area contributed by atoms with Gasteiger partial charge >= 0.3 is 23.1 Å². The summed E-state index contributed by atoms with van der Waals surface area (Å²) in [5.74, 6) is 0. The fraction of sp³-hybridized carbons (Fsp3) is 0.667. The van der Waals surface area contributed by atoms with E-state index in [0.29, 0.717) is 0 Å². The van der Waals surface area contributed by atoms with Crippen LogP contribution in [-0.4, -0.2) is 28.4 Å². The molecule has 0 amide bonds. The summed E-state index contributed by atoms with van der Waals surface area (Å²) in [6, 6.07) is 0. The second-order valence-corrected chi connectivity index (χ2v) is 2.54. The topological polar surface area (TPSA) is 0 Å². The average Bonchev–Trinajstić information content (AvgIpc) is 1.61. The molecule has 0 saturated heterocycles. The Hall–Kier alpha value is 0.986. The number of hydrogen-bond acceptors (Lipinski definition) is 0. The van der Waals surface area contributed by atoms with E-state index in [9.17, 15) is 0 Å². The molecule has 0 aromatic heterocycles. The van der Waals surface area contributed by atoms with E-state index in [4.69, 9.17) is 0 Å². The summed E-state index contributed by atoms with van der Waals surface area (Å²) in [5.41, 5.74) is 1.28. The first-order valence-corrected chi connectivity index (χ1v) is 3.60. The van der Waals surface area contributed by atoms with Crippen molar-refractivity contribution in [1.82, 2.24) is 0 Å². The Balaban J connectivity index is -0.0000000600. The van der Waals surface area contributed by atoms with Crippen LogP contribution in [-0.2, 0) is 0 Å². The number of hydrogen-bond donors (Lipinski definition) is 0. The minimum Gasteiger partial charge on any atom is -1.00 e. The van der Waals surface area contributed by atoms with Crippen LogP contribution >= 0.6 is 15.9 Å². The van der Waals surface area contributed by atoms with Crippen LogP contribution in [0.15, 0.2) is 12.2 Å². The van der Waals surface area contributed by atoms with Gasteiger partial charge in [0.25, 0.3) is 0 Å². The summed E-state index contributed by atoms with van der Waals surface area (Å²) in [6.45, 7) is 5.83. The summed E-state index contributed by atoms with van der Waals surface area (Å²) < 4.78 is 0. The van der Waals surface area contributed by atoms with Gasteiger partial charge in [0.15, 0.2) is 0 Å². The molecule has 0 bridgehead atoms. The third-order valence-electron chi connectivity index (χ3n) is 0.737. The van der Waals surface area contributed by atoms with Crippen molar-refractivity contribution in [2.45, 2.75) is 19.8 Å². The zero-order valence-corrected chi connectivity index (χ0v) is 8.41. The fourth-order valence-corrected chi connectivity index (χ4v) is 0.649. The minimum atomic E-state index is 0. The molecular formula is C6H13BrMg. The monoisotopic (exact) mass is 188 g/mol. The molecule has 0 aliphatic heterocycles. The predicted octanol–water partition coefficient (Wildman–Crippen LogP) is 2.58. The summed E-state index contributed by atoms with van der Waals surface area (Å²) in [4.78, 5) is 0. The molecule has 0 aliphatic rings. The molecule has 0 unspecified atom stereocenters. The molecule has 0 fully saturated rings. The van der Waals surface area contributed by atoms with E-state index in [1.807, 2.05) is 0 Å². The van der Waals surface area contributed by atoms with Crippen LogP contribution < -0.4 is 0 Å². The van der Waals surface area contributed by atoms with Gasteiger partial charge < -0.3 is 2.85 Å². The van der Waals surface area contributed by atoms with Crippen LogP contribution in [0, 0.1) is 0 Å². The summed E-state index contributed by atoms with van der Waals surface area (Å²) in [5, 5.41) is 1.10. The standard InChI is InChI=1S/C6H11Br.Mg.2H/c1-6(2)4-3-5-7;;;/h1,3-5H2,2H3;;;/q;+2;2*-1. The molecule has 2 heteroatoms. The van der Waals surface area contributed by atoms with Gasteiger partial charge in [0.2, 0.25) is 0 Å². The SMILES string of the molecule is C=C(C)CCCBr.[H-].[H-].[Mg+2]. The van der Waals surface area contributed by atoms with Gasteiger partial charge in [-0.25, -0.2) is 0 Å². The van der Waals surface area contributed by atoms with Gasteiger partial charge in [0.05, 0.1) is 0 Å². The Morgan fingerprint density at radius 3 is 2.38 bits per heavy atom. The third kappa shape index (κ3) is 10.1. The molecule has 0 atom stereocenters. The van der Waals surface area contributed by atoms with E-state index in [1.54, 1.807) is 0 Å². The maximum absolute atomic E-state index is 3.77. The van der Waals surface area contributed by atoms with E-state index in [-0.39, 0.29) is 25.9 Å². The van der Waals surface area contributed by atoms with Crippen LogP contribution in [0.4, 0.5) is 0 Å². The maximum Gasteiger partial charge on any atom is 2.00 e. The molecule has 8 heavy (non-hydrogen) atoms. The van der Waals surface area contributed by atoms with Gasteiger partial charge in [0.1, 0.15) is 0 Å². The molecule has 0 nitrogen and oxygen atoms in total. The average molecular weight is 189 g/mol. The number of halogens is 1. The molecule has 0 rings (SSSR count). The van der Waals surface area contributed by atoms with Gasteiger partial charge in [-0.05, 0) is 19.8 Å². The Labute approximate surface area is 79.0 Å². The Kier molecular flexibility index (Phi) is 11.7. The zero-order valence-electron chi connectivity index (χ0n) is 7.41. The van der Waals surface area contributed by atoms with Crippen molar-refractivity contribution in [2.75, 3.05) is 5.33 Å². The molecule has 0 aliphatic carbocycles. The molecule has 0 aromatic rings. The maximum atomic E-state index is 3.77. The van der Waals surface area contributed by atoms with Crippen molar-refractivity contribution in [2.24, 2.45) is 0 Å². The third-order valence-corrected chi connectivity index (χ3v) is 1.30. The Bertz CT molecular complexity index is 68.8. The van der Waals surface area contributed by atoms with Crippen molar-refractivity contribution >= 4 is 39.0 Å². The van der Waals surface area contributed by atoms with Gasteiger partial charge in [-0.2, -0.15) is 0 Å². The first-order valence-electron chi connectivity index (χ1n) is 2.47. The number of allylic oxidation sites excluding steroid dienone is 1. The van der Waals surface area contributed by atoms with E-state index in [1.165, 1.54) is 12.0 Å². The second-order valence-electron chi connectivity index (χ2n) is 1.75. The largest absolute Gasteiger partial charge is 2.00 e. The van der Waals surface area contributed by atoms with Crippen LogP contribution in [0.1, 0.15) is 22.6 Å². The van der Waals surface area contributed by atoms with Crippen LogP contribution in [0.25, 0.3) is 0 Å².